The summed E-state index contributed by atoms with van der Waals surface area (Å²) in [5.41, 5.74) is 0.400. The molecule has 0 atom stereocenters. The standard InChI is InChI=1S/C16H20N2O2S/c19-14(17-11-16(20)9-4-10-16)7-3-8-15-18-12-5-1-2-6-13(12)21-15/h1-2,5-6,20H,3-4,7-11H2,(H,17,19). The van der Waals surface area contributed by atoms with Gasteiger partial charge in [-0.2, -0.15) is 0 Å². The molecule has 1 fully saturated rings. The van der Waals surface area contributed by atoms with E-state index < -0.39 is 5.60 Å². The van der Waals surface area contributed by atoms with Gasteiger partial charge in [-0.25, -0.2) is 4.98 Å². The normalized spacial score (nSPS) is 16.6. The maximum Gasteiger partial charge on any atom is 0.220 e. The van der Waals surface area contributed by atoms with Gasteiger partial charge in [0, 0.05) is 13.0 Å². The van der Waals surface area contributed by atoms with E-state index in [1.807, 2.05) is 18.2 Å². The van der Waals surface area contributed by atoms with E-state index in [4.69, 9.17) is 0 Å². The van der Waals surface area contributed by atoms with Crippen molar-refractivity contribution in [2.75, 3.05) is 6.54 Å². The Morgan fingerprint density at radius 2 is 2.19 bits per heavy atom. The van der Waals surface area contributed by atoms with Crippen LogP contribution >= 0.6 is 11.3 Å². The molecule has 1 amide bonds. The van der Waals surface area contributed by atoms with Crippen molar-refractivity contribution in [3.05, 3.63) is 29.3 Å². The molecule has 1 heterocycles. The van der Waals surface area contributed by atoms with Gasteiger partial charge in [0.2, 0.25) is 5.91 Å². The van der Waals surface area contributed by atoms with Crippen LogP contribution in [0.1, 0.15) is 37.1 Å². The van der Waals surface area contributed by atoms with Crippen LogP contribution in [0.2, 0.25) is 0 Å². The van der Waals surface area contributed by atoms with E-state index in [2.05, 4.69) is 16.4 Å². The quantitative estimate of drug-likeness (QED) is 0.862. The number of benzene rings is 1. The number of carbonyl (C=O) groups is 1. The third kappa shape index (κ3) is 3.60. The molecule has 1 aliphatic carbocycles. The molecular formula is C16H20N2O2S. The topological polar surface area (TPSA) is 62.2 Å². The zero-order chi connectivity index (χ0) is 14.7. The Balaban J connectivity index is 1.41. The summed E-state index contributed by atoms with van der Waals surface area (Å²) >= 11 is 1.70. The molecule has 0 radical (unpaired) electrons. The van der Waals surface area contributed by atoms with Crippen molar-refractivity contribution in [3.8, 4) is 0 Å². The Labute approximate surface area is 128 Å². The second-order valence-electron chi connectivity index (χ2n) is 5.78. The predicted molar refractivity (Wildman–Crippen MR) is 84.4 cm³/mol. The number of carbonyl (C=O) groups excluding carboxylic acids is 1. The zero-order valence-corrected chi connectivity index (χ0v) is 12.8. The number of para-hydroxylation sites is 1. The second kappa shape index (κ2) is 6.12. The van der Waals surface area contributed by atoms with Crippen LogP contribution in [0, 0.1) is 0 Å². The third-order valence-corrected chi connectivity index (χ3v) is 5.13. The molecule has 4 nitrogen and oxygen atoms in total. The Bertz CT molecular complexity index is 601. The predicted octanol–water partition coefficient (Wildman–Crippen LogP) is 2.65. The number of fused-ring (bicyclic) bond motifs is 1. The van der Waals surface area contributed by atoms with Crippen LogP contribution in [0.25, 0.3) is 10.2 Å². The molecule has 2 N–H and O–H groups in total. The van der Waals surface area contributed by atoms with Crippen molar-refractivity contribution in [2.45, 2.75) is 44.1 Å². The summed E-state index contributed by atoms with van der Waals surface area (Å²) in [6.45, 7) is 0.396. The van der Waals surface area contributed by atoms with E-state index in [0.29, 0.717) is 13.0 Å². The largest absolute Gasteiger partial charge is 0.388 e. The molecule has 0 aliphatic heterocycles. The van der Waals surface area contributed by atoms with Gasteiger partial charge < -0.3 is 10.4 Å². The Hall–Kier alpha value is -1.46. The highest BCUT2D eigenvalue weighted by atomic mass is 32.1. The molecule has 21 heavy (non-hydrogen) atoms. The van der Waals surface area contributed by atoms with Crippen LogP contribution in [0.5, 0.6) is 0 Å². The molecule has 0 bridgehead atoms. The molecular weight excluding hydrogens is 284 g/mol. The lowest BCUT2D eigenvalue weighted by Gasteiger charge is -2.36. The number of nitrogens with zero attached hydrogens (tertiary/aromatic N) is 1. The number of aryl methyl sites for hydroxylation is 1. The summed E-state index contributed by atoms with van der Waals surface area (Å²) in [5, 5.41) is 13.8. The number of thiazole rings is 1. The highest BCUT2D eigenvalue weighted by molar-refractivity contribution is 7.18. The van der Waals surface area contributed by atoms with E-state index in [-0.39, 0.29) is 5.91 Å². The van der Waals surface area contributed by atoms with Gasteiger partial charge in [0.25, 0.3) is 0 Å². The van der Waals surface area contributed by atoms with Gasteiger partial charge in [-0.1, -0.05) is 12.1 Å². The lowest BCUT2D eigenvalue weighted by molar-refractivity contribution is -0.123. The smallest absolute Gasteiger partial charge is 0.220 e. The van der Waals surface area contributed by atoms with Gasteiger partial charge >= 0.3 is 0 Å². The first-order valence-electron chi connectivity index (χ1n) is 7.48. The molecule has 1 saturated carbocycles. The Kier molecular flexibility index (Phi) is 4.22. The Morgan fingerprint density at radius 1 is 1.38 bits per heavy atom. The van der Waals surface area contributed by atoms with Crippen molar-refractivity contribution in [3.63, 3.8) is 0 Å². The van der Waals surface area contributed by atoms with Crippen LogP contribution < -0.4 is 5.32 Å². The van der Waals surface area contributed by atoms with Crippen molar-refractivity contribution in [2.24, 2.45) is 0 Å². The molecule has 0 saturated heterocycles. The molecule has 1 aromatic heterocycles. The van der Waals surface area contributed by atoms with Crippen molar-refractivity contribution < 1.29 is 9.90 Å². The number of nitrogens with one attached hydrogen (secondary N) is 1. The van der Waals surface area contributed by atoms with Gasteiger partial charge in [0.1, 0.15) is 0 Å². The molecule has 5 heteroatoms. The number of aromatic nitrogens is 1. The molecule has 2 aromatic rings. The fourth-order valence-corrected chi connectivity index (χ4v) is 3.55. The lowest BCUT2D eigenvalue weighted by Crippen LogP contribution is -2.47. The van der Waals surface area contributed by atoms with Crippen molar-refractivity contribution >= 4 is 27.5 Å². The van der Waals surface area contributed by atoms with E-state index in [1.54, 1.807) is 11.3 Å². The molecule has 3 rings (SSSR count). The van der Waals surface area contributed by atoms with Crippen molar-refractivity contribution in [1.29, 1.82) is 0 Å². The molecule has 1 aromatic carbocycles. The van der Waals surface area contributed by atoms with E-state index >= 15 is 0 Å². The fourth-order valence-electron chi connectivity index (χ4n) is 2.54. The summed E-state index contributed by atoms with van der Waals surface area (Å²) in [7, 11) is 0. The minimum absolute atomic E-state index is 0.0245. The van der Waals surface area contributed by atoms with Crippen LogP contribution in [0.15, 0.2) is 24.3 Å². The highest BCUT2D eigenvalue weighted by Crippen LogP contribution is 2.30. The summed E-state index contributed by atoms with van der Waals surface area (Å²) in [4.78, 5) is 16.3. The average molecular weight is 304 g/mol. The second-order valence-corrected chi connectivity index (χ2v) is 6.90. The average Bonchev–Trinajstić information content (AvgIpc) is 2.85. The molecule has 1 aliphatic rings. The minimum atomic E-state index is -0.636. The lowest BCUT2D eigenvalue weighted by atomic mass is 9.80. The Morgan fingerprint density at radius 3 is 2.90 bits per heavy atom. The van der Waals surface area contributed by atoms with Crippen LogP contribution in [0.4, 0.5) is 0 Å². The van der Waals surface area contributed by atoms with Crippen LogP contribution in [-0.4, -0.2) is 28.1 Å². The van der Waals surface area contributed by atoms with E-state index in [0.717, 1.165) is 42.6 Å². The molecule has 0 spiro atoms. The fraction of sp³-hybridized carbons (Fsp3) is 0.500. The van der Waals surface area contributed by atoms with Gasteiger partial charge in [0.15, 0.2) is 0 Å². The summed E-state index contributed by atoms with van der Waals surface area (Å²) in [6, 6.07) is 8.09. The maximum atomic E-state index is 11.8. The van der Waals surface area contributed by atoms with Crippen molar-refractivity contribution in [1.82, 2.24) is 10.3 Å². The first-order chi connectivity index (χ1) is 10.1. The SMILES string of the molecule is O=C(CCCc1nc2ccccc2s1)NCC1(O)CCC1. The van der Waals surface area contributed by atoms with Crippen LogP contribution in [-0.2, 0) is 11.2 Å². The monoisotopic (exact) mass is 304 g/mol. The number of amides is 1. The van der Waals surface area contributed by atoms with E-state index in [1.165, 1.54) is 4.70 Å². The maximum absolute atomic E-state index is 11.8. The highest BCUT2D eigenvalue weighted by Gasteiger charge is 2.34. The molecule has 112 valence electrons. The van der Waals surface area contributed by atoms with Gasteiger partial charge in [-0.05, 0) is 44.2 Å². The first kappa shape index (κ1) is 14.5. The number of hydrogen-bond donors (Lipinski definition) is 2. The van der Waals surface area contributed by atoms with Gasteiger partial charge in [0.05, 0.1) is 20.8 Å². The zero-order valence-electron chi connectivity index (χ0n) is 12.0. The van der Waals surface area contributed by atoms with Gasteiger partial charge in [-0.3, -0.25) is 4.79 Å². The van der Waals surface area contributed by atoms with Gasteiger partial charge in [-0.15, -0.1) is 11.3 Å². The number of aliphatic hydroxyl groups is 1. The van der Waals surface area contributed by atoms with E-state index in [9.17, 15) is 9.90 Å². The number of hydrogen-bond acceptors (Lipinski definition) is 4. The summed E-state index contributed by atoms with van der Waals surface area (Å²) < 4.78 is 1.20. The van der Waals surface area contributed by atoms with Crippen LogP contribution in [0.3, 0.4) is 0 Å². The summed E-state index contributed by atoms with van der Waals surface area (Å²) in [6.07, 6.45) is 4.79. The third-order valence-electron chi connectivity index (χ3n) is 4.03. The molecule has 0 unspecified atom stereocenters. The first-order valence-corrected chi connectivity index (χ1v) is 8.30. The number of rotatable bonds is 6. The summed E-state index contributed by atoms with van der Waals surface area (Å²) in [5.74, 6) is 0.0245. The minimum Gasteiger partial charge on any atom is -0.388 e.